The van der Waals surface area contributed by atoms with Crippen LogP contribution in [0.15, 0.2) is 46.9 Å². The van der Waals surface area contributed by atoms with Crippen LogP contribution < -0.4 is 0 Å². The first kappa shape index (κ1) is 15.2. The molecule has 1 atom stereocenters. The normalized spacial score (nSPS) is 13.7. The molecule has 0 N–H and O–H groups in total. The lowest BCUT2D eigenvalue weighted by Gasteiger charge is -2.09. The minimum absolute atomic E-state index is 0.0183. The molecule has 0 aliphatic heterocycles. The average Bonchev–Trinajstić information content (AvgIpc) is 2.37. The number of ether oxygens (including phenoxy) is 1. The second-order valence-corrected chi connectivity index (χ2v) is 6.53. The van der Waals surface area contributed by atoms with Crippen molar-refractivity contribution >= 4 is 25.8 Å². The van der Waals surface area contributed by atoms with E-state index in [1.165, 1.54) is 6.26 Å². The summed E-state index contributed by atoms with van der Waals surface area (Å²) in [7, 11) is -3.39. The van der Waals surface area contributed by atoms with Gasteiger partial charge >= 0.3 is 0 Å². The zero-order valence-electron chi connectivity index (χ0n) is 10.3. The predicted octanol–water partition coefficient (Wildman–Crippen LogP) is 3.51. The fraction of sp³-hybridized carbons (Fsp3) is 0.385. The van der Waals surface area contributed by atoms with Crippen LogP contribution in [0.25, 0.3) is 0 Å². The Kier molecular flexibility index (Phi) is 6.43. The molecule has 0 bridgehead atoms. The number of benzene rings is 1. The standard InChI is InChI=1S/C13H17BrO3S/c1-12(6-5-9-14)17-10-11-18(15,16)13-7-3-2-4-8-13/h2-4,7-8,10-12H,5-6,9H2,1H3/b11-10+. The molecule has 0 aromatic heterocycles. The molecule has 0 radical (unpaired) electrons. The van der Waals surface area contributed by atoms with Crippen LogP contribution >= 0.6 is 15.9 Å². The van der Waals surface area contributed by atoms with Crippen LogP contribution in [0.1, 0.15) is 19.8 Å². The van der Waals surface area contributed by atoms with E-state index in [4.69, 9.17) is 4.74 Å². The average molecular weight is 333 g/mol. The summed E-state index contributed by atoms with van der Waals surface area (Å²) in [6.07, 6.45) is 3.17. The number of halogens is 1. The first-order chi connectivity index (χ1) is 8.56. The Hall–Kier alpha value is -0.810. The molecule has 0 amide bonds. The Morgan fingerprint density at radius 2 is 2.00 bits per heavy atom. The molecular formula is C13H17BrO3S. The van der Waals surface area contributed by atoms with E-state index in [-0.39, 0.29) is 11.0 Å². The van der Waals surface area contributed by atoms with Gasteiger partial charge in [0.2, 0.25) is 9.84 Å². The van der Waals surface area contributed by atoms with Gasteiger partial charge in [0, 0.05) is 5.33 Å². The van der Waals surface area contributed by atoms with Crippen molar-refractivity contribution in [2.75, 3.05) is 5.33 Å². The highest BCUT2D eigenvalue weighted by molar-refractivity contribution is 9.09. The minimum Gasteiger partial charge on any atom is -0.498 e. The fourth-order valence-electron chi connectivity index (χ4n) is 1.36. The van der Waals surface area contributed by atoms with E-state index in [0.29, 0.717) is 0 Å². The quantitative estimate of drug-likeness (QED) is 0.566. The van der Waals surface area contributed by atoms with Crippen LogP contribution in [0.3, 0.4) is 0 Å². The zero-order chi connectivity index (χ0) is 13.4. The Morgan fingerprint density at radius 3 is 2.61 bits per heavy atom. The molecule has 0 spiro atoms. The van der Waals surface area contributed by atoms with Crippen molar-refractivity contribution in [1.82, 2.24) is 0 Å². The first-order valence-electron chi connectivity index (χ1n) is 5.74. The summed E-state index contributed by atoms with van der Waals surface area (Å²) in [6.45, 7) is 1.92. The Bertz CT molecular complexity index is 468. The molecule has 0 fully saturated rings. The van der Waals surface area contributed by atoms with Gasteiger partial charge in [0.05, 0.1) is 22.7 Å². The van der Waals surface area contributed by atoms with E-state index in [1.807, 2.05) is 6.92 Å². The summed E-state index contributed by atoms with van der Waals surface area (Å²) in [5.41, 5.74) is 0. The van der Waals surface area contributed by atoms with E-state index in [9.17, 15) is 8.42 Å². The van der Waals surface area contributed by atoms with Crippen LogP contribution in [-0.2, 0) is 14.6 Å². The van der Waals surface area contributed by atoms with Gasteiger partial charge in [-0.25, -0.2) is 8.42 Å². The van der Waals surface area contributed by atoms with Crippen LogP contribution in [0, 0.1) is 0 Å². The lowest BCUT2D eigenvalue weighted by molar-refractivity contribution is 0.153. The van der Waals surface area contributed by atoms with E-state index in [1.54, 1.807) is 30.3 Å². The van der Waals surface area contributed by atoms with Gasteiger partial charge in [-0.15, -0.1) is 0 Å². The van der Waals surface area contributed by atoms with Gasteiger partial charge in [0.1, 0.15) is 0 Å². The van der Waals surface area contributed by atoms with Crippen molar-refractivity contribution in [2.24, 2.45) is 0 Å². The molecule has 18 heavy (non-hydrogen) atoms. The molecule has 1 aromatic carbocycles. The summed E-state index contributed by atoms with van der Waals surface area (Å²) >= 11 is 3.34. The van der Waals surface area contributed by atoms with Gasteiger partial charge in [0.15, 0.2) is 0 Å². The Morgan fingerprint density at radius 1 is 1.33 bits per heavy atom. The lowest BCUT2D eigenvalue weighted by atomic mass is 10.2. The SMILES string of the molecule is CC(CCCBr)O/C=C/S(=O)(=O)c1ccccc1. The molecule has 1 aromatic rings. The maximum atomic E-state index is 11.9. The molecule has 0 saturated carbocycles. The smallest absolute Gasteiger partial charge is 0.202 e. The zero-order valence-corrected chi connectivity index (χ0v) is 12.7. The van der Waals surface area contributed by atoms with Crippen LogP contribution in [0.2, 0.25) is 0 Å². The van der Waals surface area contributed by atoms with E-state index >= 15 is 0 Å². The van der Waals surface area contributed by atoms with Crippen molar-refractivity contribution in [1.29, 1.82) is 0 Å². The summed E-state index contributed by atoms with van der Waals surface area (Å²) in [6, 6.07) is 8.30. The number of hydrogen-bond acceptors (Lipinski definition) is 3. The Labute approximate surface area is 117 Å². The molecule has 5 heteroatoms. The topological polar surface area (TPSA) is 43.4 Å². The third kappa shape index (κ3) is 5.23. The first-order valence-corrected chi connectivity index (χ1v) is 8.41. The number of hydrogen-bond donors (Lipinski definition) is 0. The molecule has 0 aliphatic carbocycles. The Balaban J connectivity index is 2.56. The minimum atomic E-state index is -3.39. The van der Waals surface area contributed by atoms with Crippen molar-refractivity contribution in [3.63, 3.8) is 0 Å². The van der Waals surface area contributed by atoms with Gasteiger partial charge in [-0.2, -0.15) is 0 Å². The second-order valence-electron chi connectivity index (χ2n) is 3.91. The molecule has 0 heterocycles. The van der Waals surface area contributed by atoms with Crippen molar-refractivity contribution in [3.8, 4) is 0 Å². The lowest BCUT2D eigenvalue weighted by Crippen LogP contribution is -2.04. The van der Waals surface area contributed by atoms with Crippen molar-refractivity contribution < 1.29 is 13.2 Å². The number of sulfone groups is 1. The maximum Gasteiger partial charge on any atom is 0.202 e. The van der Waals surface area contributed by atoms with Crippen LogP contribution in [0.4, 0.5) is 0 Å². The second kappa shape index (κ2) is 7.59. The monoisotopic (exact) mass is 332 g/mol. The van der Waals surface area contributed by atoms with Gasteiger partial charge < -0.3 is 4.74 Å². The van der Waals surface area contributed by atoms with Crippen molar-refractivity contribution in [2.45, 2.75) is 30.8 Å². The molecule has 1 rings (SSSR count). The highest BCUT2D eigenvalue weighted by Crippen LogP contribution is 2.12. The number of rotatable bonds is 7. The maximum absolute atomic E-state index is 11.9. The third-order valence-electron chi connectivity index (χ3n) is 2.36. The van der Waals surface area contributed by atoms with E-state index in [2.05, 4.69) is 15.9 Å². The largest absolute Gasteiger partial charge is 0.498 e. The predicted molar refractivity (Wildman–Crippen MR) is 76.3 cm³/mol. The summed E-state index contributed by atoms with van der Waals surface area (Å²) in [5.74, 6) is 0. The summed E-state index contributed by atoms with van der Waals surface area (Å²) < 4.78 is 29.0. The molecular weight excluding hydrogens is 316 g/mol. The van der Waals surface area contributed by atoms with Crippen molar-refractivity contribution in [3.05, 3.63) is 42.0 Å². The molecule has 0 saturated heterocycles. The highest BCUT2D eigenvalue weighted by Gasteiger charge is 2.09. The number of alkyl halides is 1. The molecule has 3 nitrogen and oxygen atoms in total. The molecule has 100 valence electrons. The molecule has 1 unspecified atom stereocenters. The van der Waals surface area contributed by atoms with E-state index in [0.717, 1.165) is 23.6 Å². The fourth-order valence-corrected chi connectivity index (χ4v) is 2.59. The van der Waals surface area contributed by atoms with Gasteiger partial charge in [-0.1, -0.05) is 34.1 Å². The summed E-state index contributed by atoms with van der Waals surface area (Å²) in [5, 5.41) is 2.03. The van der Waals surface area contributed by atoms with Gasteiger partial charge in [-0.3, -0.25) is 0 Å². The molecule has 0 aliphatic rings. The van der Waals surface area contributed by atoms with Crippen LogP contribution in [-0.4, -0.2) is 19.9 Å². The highest BCUT2D eigenvalue weighted by atomic mass is 79.9. The third-order valence-corrected chi connectivity index (χ3v) is 4.32. The summed E-state index contributed by atoms with van der Waals surface area (Å²) in [4.78, 5) is 0.276. The van der Waals surface area contributed by atoms with Crippen LogP contribution in [0.5, 0.6) is 0 Å². The van der Waals surface area contributed by atoms with Gasteiger partial charge in [-0.05, 0) is 31.9 Å². The van der Waals surface area contributed by atoms with E-state index < -0.39 is 9.84 Å². The van der Waals surface area contributed by atoms with Gasteiger partial charge in [0.25, 0.3) is 0 Å².